The Morgan fingerprint density at radius 3 is 3.00 bits per heavy atom. The lowest BCUT2D eigenvalue weighted by Crippen LogP contribution is -2.33. The third-order valence-corrected chi connectivity index (χ3v) is 4.85. The van der Waals surface area contributed by atoms with Crippen molar-refractivity contribution in [1.82, 2.24) is 4.98 Å². The van der Waals surface area contributed by atoms with Crippen molar-refractivity contribution in [2.45, 2.75) is 30.6 Å². The zero-order chi connectivity index (χ0) is 11.6. The minimum absolute atomic E-state index is 0.0302. The number of ether oxygens (including phenoxy) is 1. The Morgan fingerprint density at radius 2 is 2.38 bits per heavy atom. The fraction of sp³-hybridized carbons (Fsp3) is 0.583. The van der Waals surface area contributed by atoms with Crippen molar-refractivity contribution >= 4 is 11.8 Å². The number of hydrogen-bond donors (Lipinski definition) is 1. The maximum Gasteiger partial charge on any atom is 0.137 e. The summed E-state index contributed by atoms with van der Waals surface area (Å²) in [6, 6.07) is 2.02. The third kappa shape index (κ3) is 2.18. The molecule has 1 fully saturated rings. The highest BCUT2D eigenvalue weighted by atomic mass is 32.2. The van der Waals surface area contributed by atoms with Crippen molar-refractivity contribution in [2.24, 2.45) is 5.73 Å². The van der Waals surface area contributed by atoms with Crippen LogP contribution in [0.4, 0.5) is 0 Å². The molecular formula is C12H18N2OS. The average Bonchev–Trinajstić information content (AvgIpc) is 2.76. The second-order valence-corrected chi connectivity index (χ2v) is 6.03. The van der Waals surface area contributed by atoms with Crippen molar-refractivity contribution in [3.05, 3.63) is 24.0 Å². The van der Waals surface area contributed by atoms with E-state index in [4.69, 9.17) is 10.5 Å². The molecule has 0 saturated carbocycles. The Kier molecular flexibility index (Phi) is 3.40. The van der Waals surface area contributed by atoms with Gasteiger partial charge in [0.1, 0.15) is 5.75 Å². The molecule has 88 valence electrons. The van der Waals surface area contributed by atoms with Gasteiger partial charge >= 0.3 is 0 Å². The lowest BCUT2D eigenvalue weighted by Gasteiger charge is -2.30. The number of nitrogens with zero attached hydrogens (tertiary/aromatic N) is 1. The first-order chi connectivity index (χ1) is 7.65. The first-order valence-corrected chi connectivity index (χ1v) is 6.53. The zero-order valence-corrected chi connectivity index (χ0v) is 10.6. The first-order valence-electron chi connectivity index (χ1n) is 5.54. The molecule has 1 aliphatic rings. The molecule has 2 unspecified atom stereocenters. The quantitative estimate of drug-likeness (QED) is 0.878. The summed E-state index contributed by atoms with van der Waals surface area (Å²) in [5, 5.41) is 0. The second kappa shape index (κ2) is 4.63. The van der Waals surface area contributed by atoms with Crippen LogP contribution in [-0.4, -0.2) is 22.6 Å². The Labute approximate surface area is 101 Å². The topological polar surface area (TPSA) is 48.1 Å². The molecule has 0 aliphatic carbocycles. The SMILES string of the molecule is COc1cncc(C(N)C2(C)CCCS2)c1. The summed E-state index contributed by atoms with van der Waals surface area (Å²) in [6.07, 6.45) is 5.99. The molecule has 3 nitrogen and oxygen atoms in total. The van der Waals surface area contributed by atoms with Gasteiger partial charge in [0.25, 0.3) is 0 Å². The van der Waals surface area contributed by atoms with Gasteiger partial charge in [0.05, 0.1) is 13.3 Å². The Bertz CT molecular complexity index is 364. The molecule has 2 rings (SSSR count). The van der Waals surface area contributed by atoms with E-state index < -0.39 is 0 Å². The van der Waals surface area contributed by atoms with Crippen LogP contribution in [0.3, 0.4) is 0 Å². The van der Waals surface area contributed by atoms with E-state index in [-0.39, 0.29) is 10.8 Å². The summed E-state index contributed by atoms with van der Waals surface area (Å²) in [4.78, 5) is 4.16. The summed E-state index contributed by atoms with van der Waals surface area (Å²) >= 11 is 1.97. The fourth-order valence-electron chi connectivity index (χ4n) is 2.12. The predicted molar refractivity (Wildman–Crippen MR) is 67.8 cm³/mol. The van der Waals surface area contributed by atoms with Gasteiger partial charge in [-0.05, 0) is 37.1 Å². The molecule has 1 aromatic heterocycles. The summed E-state index contributed by atoms with van der Waals surface area (Å²) in [7, 11) is 1.65. The number of pyridine rings is 1. The standard InChI is InChI=1S/C12H18N2OS/c1-12(4-3-5-16-12)11(13)9-6-10(15-2)8-14-7-9/h6-8,11H,3-5,13H2,1-2H3. The summed E-state index contributed by atoms with van der Waals surface area (Å²) in [5.41, 5.74) is 7.41. The highest BCUT2D eigenvalue weighted by Crippen LogP contribution is 2.45. The van der Waals surface area contributed by atoms with Crippen LogP contribution in [-0.2, 0) is 0 Å². The minimum Gasteiger partial charge on any atom is -0.495 e. The monoisotopic (exact) mass is 238 g/mol. The summed E-state index contributed by atoms with van der Waals surface area (Å²) in [6.45, 7) is 2.24. The van der Waals surface area contributed by atoms with E-state index in [1.165, 1.54) is 18.6 Å². The molecule has 1 aromatic rings. The molecule has 4 heteroatoms. The van der Waals surface area contributed by atoms with Crippen LogP contribution in [0, 0.1) is 0 Å². The van der Waals surface area contributed by atoms with Gasteiger partial charge in [0, 0.05) is 17.0 Å². The average molecular weight is 238 g/mol. The molecule has 2 heterocycles. The predicted octanol–water partition coefficient (Wildman–Crippen LogP) is 2.38. The molecular weight excluding hydrogens is 220 g/mol. The Morgan fingerprint density at radius 1 is 1.56 bits per heavy atom. The first kappa shape index (κ1) is 11.7. The van der Waals surface area contributed by atoms with Gasteiger partial charge in [-0.3, -0.25) is 4.98 Å². The van der Waals surface area contributed by atoms with Crippen molar-refractivity contribution < 1.29 is 4.74 Å². The minimum atomic E-state index is 0.0302. The van der Waals surface area contributed by atoms with E-state index in [1.54, 1.807) is 13.3 Å². The van der Waals surface area contributed by atoms with Crippen molar-refractivity contribution in [3.8, 4) is 5.75 Å². The highest BCUT2D eigenvalue weighted by Gasteiger charge is 2.36. The summed E-state index contributed by atoms with van der Waals surface area (Å²) in [5.74, 6) is 1.99. The third-order valence-electron chi connectivity index (χ3n) is 3.24. The van der Waals surface area contributed by atoms with Crippen LogP contribution in [0.1, 0.15) is 31.4 Å². The Balaban J connectivity index is 2.22. The van der Waals surface area contributed by atoms with E-state index >= 15 is 0 Å². The van der Waals surface area contributed by atoms with Crippen LogP contribution in [0.15, 0.2) is 18.5 Å². The largest absolute Gasteiger partial charge is 0.495 e. The van der Waals surface area contributed by atoms with Gasteiger partial charge in [0.2, 0.25) is 0 Å². The Hall–Kier alpha value is -0.740. The lowest BCUT2D eigenvalue weighted by molar-refractivity contribution is 0.410. The number of hydrogen-bond acceptors (Lipinski definition) is 4. The number of aromatic nitrogens is 1. The molecule has 16 heavy (non-hydrogen) atoms. The van der Waals surface area contributed by atoms with Crippen LogP contribution in [0.2, 0.25) is 0 Å². The molecule has 0 amide bonds. The van der Waals surface area contributed by atoms with Gasteiger partial charge in [-0.2, -0.15) is 11.8 Å². The van der Waals surface area contributed by atoms with Gasteiger partial charge in [-0.15, -0.1) is 0 Å². The van der Waals surface area contributed by atoms with Crippen LogP contribution in [0.25, 0.3) is 0 Å². The smallest absolute Gasteiger partial charge is 0.137 e. The van der Waals surface area contributed by atoms with Gasteiger partial charge in [0.15, 0.2) is 0 Å². The summed E-state index contributed by atoms with van der Waals surface area (Å²) < 4.78 is 5.32. The normalized spacial score (nSPS) is 26.7. The van der Waals surface area contributed by atoms with E-state index in [1.807, 2.05) is 24.0 Å². The maximum atomic E-state index is 6.34. The molecule has 1 saturated heterocycles. The van der Waals surface area contributed by atoms with E-state index in [9.17, 15) is 0 Å². The van der Waals surface area contributed by atoms with Gasteiger partial charge in [-0.1, -0.05) is 0 Å². The lowest BCUT2D eigenvalue weighted by atomic mass is 9.92. The molecule has 2 N–H and O–H groups in total. The second-order valence-electron chi connectivity index (χ2n) is 4.40. The number of methoxy groups -OCH3 is 1. The maximum absolute atomic E-state index is 6.34. The van der Waals surface area contributed by atoms with Crippen LogP contribution < -0.4 is 10.5 Å². The number of nitrogens with two attached hydrogens (primary N) is 1. The van der Waals surface area contributed by atoms with Gasteiger partial charge < -0.3 is 10.5 Å². The van der Waals surface area contributed by atoms with Crippen LogP contribution in [0.5, 0.6) is 5.75 Å². The number of rotatable bonds is 3. The molecule has 0 bridgehead atoms. The molecule has 0 radical (unpaired) electrons. The molecule has 0 aromatic carbocycles. The van der Waals surface area contributed by atoms with Gasteiger partial charge in [-0.25, -0.2) is 0 Å². The number of thioether (sulfide) groups is 1. The molecule has 2 atom stereocenters. The van der Waals surface area contributed by atoms with E-state index in [0.29, 0.717) is 0 Å². The highest BCUT2D eigenvalue weighted by molar-refractivity contribution is 8.00. The molecule has 1 aliphatic heterocycles. The van der Waals surface area contributed by atoms with E-state index in [0.717, 1.165) is 11.3 Å². The molecule has 0 spiro atoms. The van der Waals surface area contributed by atoms with Crippen LogP contribution >= 0.6 is 11.8 Å². The van der Waals surface area contributed by atoms with Crippen molar-refractivity contribution in [2.75, 3.05) is 12.9 Å². The van der Waals surface area contributed by atoms with Crippen molar-refractivity contribution in [3.63, 3.8) is 0 Å². The van der Waals surface area contributed by atoms with E-state index in [2.05, 4.69) is 11.9 Å². The van der Waals surface area contributed by atoms with Crippen molar-refractivity contribution in [1.29, 1.82) is 0 Å². The zero-order valence-electron chi connectivity index (χ0n) is 9.77. The fourth-order valence-corrected chi connectivity index (χ4v) is 3.48.